The molecule has 3 heteroatoms. The summed E-state index contributed by atoms with van der Waals surface area (Å²) in [7, 11) is 0. The van der Waals surface area contributed by atoms with Gasteiger partial charge >= 0.3 is 0 Å². The van der Waals surface area contributed by atoms with Crippen LogP contribution in [0, 0.1) is 0 Å². The average Bonchev–Trinajstić information content (AvgIpc) is 3.15. The zero-order valence-electron chi connectivity index (χ0n) is 15.1. The molecule has 3 nitrogen and oxygen atoms in total. The predicted octanol–water partition coefficient (Wildman–Crippen LogP) is 4.46. The SMILES string of the molecule is C=CC(CC(=O)N1CCCC1CC(O)c1ccccc1)c1ccccc1. The van der Waals surface area contributed by atoms with E-state index < -0.39 is 6.10 Å². The highest BCUT2D eigenvalue weighted by Gasteiger charge is 2.31. The highest BCUT2D eigenvalue weighted by molar-refractivity contribution is 5.78. The van der Waals surface area contributed by atoms with Crippen molar-refractivity contribution in [3.63, 3.8) is 0 Å². The monoisotopic (exact) mass is 349 g/mol. The first-order valence-corrected chi connectivity index (χ1v) is 9.39. The minimum Gasteiger partial charge on any atom is -0.388 e. The van der Waals surface area contributed by atoms with E-state index in [0.717, 1.165) is 30.5 Å². The number of amides is 1. The lowest BCUT2D eigenvalue weighted by atomic mass is 9.94. The number of allylic oxidation sites excluding steroid dienone is 1. The van der Waals surface area contributed by atoms with Crippen molar-refractivity contribution in [3.8, 4) is 0 Å². The molecule has 0 aromatic heterocycles. The summed E-state index contributed by atoms with van der Waals surface area (Å²) >= 11 is 0. The fourth-order valence-electron chi connectivity index (χ4n) is 3.82. The topological polar surface area (TPSA) is 40.5 Å². The van der Waals surface area contributed by atoms with Crippen LogP contribution in [-0.4, -0.2) is 28.5 Å². The van der Waals surface area contributed by atoms with Gasteiger partial charge in [0.05, 0.1) is 6.10 Å². The molecule has 26 heavy (non-hydrogen) atoms. The summed E-state index contributed by atoms with van der Waals surface area (Å²) in [6, 6.07) is 19.8. The van der Waals surface area contributed by atoms with E-state index in [4.69, 9.17) is 0 Å². The minimum atomic E-state index is -0.529. The van der Waals surface area contributed by atoms with Crippen LogP contribution in [0.4, 0.5) is 0 Å². The maximum atomic E-state index is 12.9. The summed E-state index contributed by atoms with van der Waals surface area (Å²) in [4.78, 5) is 14.9. The number of carbonyl (C=O) groups is 1. The van der Waals surface area contributed by atoms with Crippen LogP contribution in [0.5, 0.6) is 0 Å². The minimum absolute atomic E-state index is 0.0315. The lowest BCUT2D eigenvalue weighted by molar-refractivity contribution is -0.132. The molecule has 0 radical (unpaired) electrons. The molecule has 1 heterocycles. The summed E-state index contributed by atoms with van der Waals surface area (Å²) < 4.78 is 0. The molecular weight excluding hydrogens is 322 g/mol. The number of nitrogens with zero attached hydrogens (tertiary/aromatic N) is 1. The number of aliphatic hydroxyl groups excluding tert-OH is 1. The number of carbonyl (C=O) groups excluding carboxylic acids is 1. The normalized spacial score (nSPS) is 19.1. The Balaban J connectivity index is 1.63. The molecule has 136 valence electrons. The lowest BCUT2D eigenvalue weighted by Crippen LogP contribution is -2.37. The van der Waals surface area contributed by atoms with Crippen LogP contribution in [0.3, 0.4) is 0 Å². The Morgan fingerprint density at radius 2 is 1.73 bits per heavy atom. The third-order valence-electron chi connectivity index (χ3n) is 5.28. The summed E-state index contributed by atoms with van der Waals surface area (Å²) in [6.07, 6.45) is 4.32. The first-order chi connectivity index (χ1) is 12.7. The molecular formula is C23H27NO2. The molecule has 2 aromatic carbocycles. The van der Waals surface area contributed by atoms with Gasteiger partial charge in [-0.05, 0) is 30.4 Å². The Morgan fingerprint density at radius 3 is 2.35 bits per heavy atom. The Kier molecular flexibility index (Phi) is 6.24. The van der Waals surface area contributed by atoms with Crippen LogP contribution in [0.1, 0.15) is 48.8 Å². The highest BCUT2D eigenvalue weighted by atomic mass is 16.3. The van der Waals surface area contributed by atoms with Crippen molar-refractivity contribution >= 4 is 5.91 Å². The molecule has 1 N–H and O–H groups in total. The van der Waals surface area contributed by atoms with Gasteiger partial charge in [0.25, 0.3) is 0 Å². The van der Waals surface area contributed by atoms with Gasteiger partial charge in [-0.1, -0.05) is 66.7 Å². The van der Waals surface area contributed by atoms with Crippen molar-refractivity contribution < 1.29 is 9.90 Å². The second kappa shape index (κ2) is 8.81. The van der Waals surface area contributed by atoms with Gasteiger partial charge in [0, 0.05) is 24.9 Å². The molecule has 0 spiro atoms. The van der Waals surface area contributed by atoms with Crippen molar-refractivity contribution in [2.75, 3.05) is 6.54 Å². The van der Waals surface area contributed by atoms with E-state index in [1.165, 1.54) is 0 Å². The van der Waals surface area contributed by atoms with E-state index in [1.54, 1.807) is 0 Å². The lowest BCUT2D eigenvalue weighted by Gasteiger charge is -2.28. The van der Waals surface area contributed by atoms with Crippen molar-refractivity contribution in [1.29, 1.82) is 0 Å². The summed E-state index contributed by atoms with van der Waals surface area (Å²) in [5.41, 5.74) is 2.04. The van der Waals surface area contributed by atoms with Crippen molar-refractivity contribution in [2.45, 2.75) is 43.7 Å². The Labute approximate surface area is 156 Å². The van der Waals surface area contributed by atoms with Gasteiger partial charge in [-0.2, -0.15) is 0 Å². The Morgan fingerprint density at radius 1 is 1.12 bits per heavy atom. The fourth-order valence-corrected chi connectivity index (χ4v) is 3.82. The second-order valence-electron chi connectivity index (χ2n) is 7.00. The number of likely N-dealkylation sites (tertiary alicyclic amines) is 1. The number of benzene rings is 2. The van der Waals surface area contributed by atoms with Gasteiger partial charge in [0.2, 0.25) is 5.91 Å². The van der Waals surface area contributed by atoms with E-state index in [9.17, 15) is 9.90 Å². The molecule has 1 aliphatic heterocycles. The van der Waals surface area contributed by atoms with Gasteiger partial charge in [-0.3, -0.25) is 4.79 Å². The molecule has 2 aromatic rings. The molecule has 3 unspecified atom stereocenters. The predicted molar refractivity (Wildman–Crippen MR) is 105 cm³/mol. The van der Waals surface area contributed by atoms with E-state index >= 15 is 0 Å². The smallest absolute Gasteiger partial charge is 0.223 e. The van der Waals surface area contributed by atoms with E-state index in [1.807, 2.05) is 71.6 Å². The zero-order valence-corrected chi connectivity index (χ0v) is 15.1. The molecule has 3 rings (SSSR count). The Bertz CT molecular complexity index is 714. The number of hydrogen-bond donors (Lipinski definition) is 1. The van der Waals surface area contributed by atoms with Gasteiger partial charge in [0.15, 0.2) is 0 Å². The third kappa shape index (κ3) is 4.41. The molecule has 1 fully saturated rings. The third-order valence-corrected chi connectivity index (χ3v) is 5.28. The van der Waals surface area contributed by atoms with Crippen LogP contribution in [-0.2, 0) is 4.79 Å². The second-order valence-corrected chi connectivity index (χ2v) is 7.00. The summed E-state index contributed by atoms with van der Waals surface area (Å²) in [5, 5.41) is 10.5. The maximum Gasteiger partial charge on any atom is 0.223 e. The van der Waals surface area contributed by atoms with Crippen molar-refractivity contribution in [2.24, 2.45) is 0 Å². The highest BCUT2D eigenvalue weighted by Crippen LogP contribution is 2.30. The molecule has 1 amide bonds. The average molecular weight is 349 g/mol. The van der Waals surface area contributed by atoms with Gasteiger partial charge in [0.1, 0.15) is 0 Å². The zero-order chi connectivity index (χ0) is 18.4. The van der Waals surface area contributed by atoms with Crippen molar-refractivity contribution in [1.82, 2.24) is 4.90 Å². The molecule has 1 saturated heterocycles. The van der Waals surface area contributed by atoms with Crippen LogP contribution in [0.25, 0.3) is 0 Å². The first-order valence-electron chi connectivity index (χ1n) is 9.39. The van der Waals surface area contributed by atoms with Crippen LogP contribution in [0.2, 0.25) is 0 Å². The molecule has 0 saturated carbocycles. The van der Waals surface area contributed by atoms with E-state index in [0.29, 0.717) is 12.8 Å². The number of aliphatic hydroxyl groups is 1. The largest absolute Gasteiger partial charge is 0.388 e. The molecule has 1 aliphatic rings. The molecule has 0 aliphatic carbocycles. The fraction of sp³-hybridized carbons (Fsp3) is 0.348. The maximum absolute atomic E-state index is 12.9. The first kappa shape index (κ1) is 18.4. The molecule has 3 atom stereocenters. The summed E-state index contributed by atoms with van der Waals surface area (Å²) in [6.45, 7) is 4.69. The van der Waals surface area contributed by atoms with Crippen LogP contribution >= 0.6 is 0 Å². The van der Waals surface area contributed by atoms with E-state index in [-0.39, 0.29) is 17.9 Å². The van der Waals surface area contributed by atoms with Crippen LogP contribution < -0.4 is 0 Å². The quantitative estimate of drug-likeness (QED) is 0.750. The summed E-state index contributed by atoms with van der Waals surface area (Å²) in [5.74, 6) is 0.186. The molecule has 0 bridgehead atoms. The number of rotatable bonds is 7. The standard InChI is InChI=1S/C23H27NO2/c1-2-18(19-10-5-3-6-11-19)16-23(26)24-15-9-14-21(24)17-22(25)20-12-7-4-8-13-20/h2-8,10-13,18,21-22,25H,1,9,14-17H2. The Hall–Kier alpha value is -2.39. The van der Waals surface area contributed by atoms with Gasteiger partial charge < -0.3 is 10.0 Å². The van der Waals surface area contributed by atoms with Gasteiger partial charge in [-0.25, -0.2) is 0 Å². The number of hydrogen-bond acceptors (Lipinski definition) is 2. The van der Waals surface area contributed by atoms with Crippen LogP contribution in [0.15, 0.2) is 73.3 Å². The van der Waals surface area contributed by atoms with Gasteiger partial charge in [-0.15, -0.1) is 6.58 Å². The van der Waals surface area contributed by atoms with Crippen molar-refractivity contribution in [3.05, 3.63) is 84.4 Å². The van der Waals surface area contributed by atoms with E-state index in [2.05, 4.69) is 6.58 Å².